The number of benzene rings is 3. The highest BCUT2D eigenvalue weighted by Crippen LogP contribution is 2.14. The molecular weight excluding hydrogens is 472 g/mol. The minimum absolute atomic E-state index is 0.0674. The summed E-state index contributed by atoms with van der Waals surface area (Å²) < 4.78 is 11.4. The Balaban J connectivity index is 1.59. The third-order valence-electron chi connectivity index (χ3n) is 5.16. The van der Waals surface area contributed by atoms with Gasteiger partial charge in [-0.2, -0.15) is 20.0 Å². The van der Waals surface area contributed by atoms with Gasteiger partial charge >= 0.3 is 0 Å². The lowest BCUT2D eigenvalue weighted by molar-refractivity contribution is 0.0949. The average molecular weight is 497 g/mol. The highest BCUT2D eigenvalue weighted by Gasteiger charge is 2.17. The first-order valence-corrected chi connectivity index (χ1v) is 11.2. The molecule has 4 aromatic rings. The molecule has 0 spiro atoms. The van der Waals surface area contributed by atoms with Crippen LogP contribution in [-0.2, 0) is 0 Å². The van der Waals surface area contributed by atoms with Gasteiger partial charge in [0.05, 0.1) is 38.0 Å². The Morgan fingerprint density at radius 3 is 1.97 bits per heavy atom. The van der Waals surface area contributed by atoms with Gasteiger partial charge in [-0.25, -0.2) is 5.43 Å². The summed E-state index contributed by atoms with van der Waals surface area (Å²) >= 11 is 0. The molecule has 0 aliphatic heterocycles. The van der Waals surface area contributed by atoms with Crippen LogP contribution in [0.15, 0.2) is 99.9 Å². The molecule has 2 N–H and O–H groups in total. The van der Waals surface area contributed by atoms with E-state index in [-0.39, 0.29) is 11.4 Å². The fourth-order valence-electron chi connectivity index (χ4n) is 3.24. The zero-order chi connectivity index (χ0) is 26.0. The lowest BCUT2D eigenvalue weighted by Crippen LogP contribution is -2.28. The molecule has 10 heteroatoms. The number of hydrogen-bond donors (Lipinski definition) is 2. The van der Waals surface area contributed by atoms with E-state index in [4.69, 9.17) is 9.47 Å². The number of ether oxygens (including phenoxy) is 2. The van der Waals surface area contributed by atoms with Crippen molar-refractivity contribution >= 4 is 24.0 Å². The average Bonchev–Trinajstić information content (AvgIpc) is 2.94. The third kappa shape index (κ3) is 6.45. The van der Waals surface area contributed by atoms with E-state index in [0.717, 1.165) is 15.8 Å². The normalized spacial score (nSPS) is 11.0. The number of nitrogens with one attached hydrogen (secondary N) is 2. The first-order chi connectivity index (χ1) is 18.1. The van der Waals surface area contributed by atoms with Crippen LogP contribution in [0.2, 0.25) is 0 Å². The molecule has 0 unspecified atom stereocenters. The van der Waals surface area contributed by atoms with E-state index in [1.807, 2.05) is 18.2 Å². The van der Waals surface area contributed by atoms with Crippen LogP contribution >= 0.6 is 0 Å². The Labute approximate surface area is 212 Å². The molecule has 0 aliphatic carbocycles. The van der Waals surface area contributed by atoms with Crippen molar-refractivity contribution in [1.82, 2.24) is 15.2 Å². The van der Waals surface area contributed by atoms with Crippen LogP contribution in [-0.4, -0.2) is 42.3 Å². The largest absolute Gasteiger partial charge is 0.497 e. The Bertz CT molecular complexity index is 1460. The van der Waals surface area contributed by atoms with Crippen molar-refractivity contribution in [2.45, 2.75) is 0 Å². The maximum Gasteiger partial charge on any atom is 0.294 e. The molecule has 0 saturated heterocycles. The Hall–Kier alpha value is -5.25. The maximum absolute atomic E-state index is 13.0. The van der Waals surface area contributed by atoms with E-state index in [1.54, 1.807) is 81.1 Å². The van der Waals surface area contributed by atoms with Gasteiger partial charge in [0.1, 0.15) is 11.5 Å². The number of hydrogen-bond acceptors (Lipinski definition) is 8. The number of carbonyl (C=O) groups excluding carboxylic acids is 1. The summed E-state index contributed by atoms with van der Waals surface area (Å²) in [5.41, 5.74) is 6.87. The fourth-order valence-corrected chi connectivity index (χ4v) is 3.24. The fraction of sp³-hybridized carbons (Fsp3) is 0.0741. The first-order valence-electron chi connectivity index (χ1n) is 11.2. The molecule has 186 valence electrons. The molecule has 1 aromatic heterocycles. The Morgan fingerprint density at radius 2 is 1.41 bits per heavy atom. The summed E-state index contributed by atoms with van der Waals surface area (Å²) in [6.45, 7) is 0. The number of anilines is 1. The van der Waals surface area contributed by atoms with E-state index in [0.29, 0.717) is 17.2 Å². The topological polar surface area (TPSA) is 119 Å². The molecule has 0 saturated carbocycles. The van der Waals surface area contributed by atoms with Gasteiger partial charge in [-0.05, 0) is 71.8 Å². The van der Waals surface area contributed by atoms with Gasteiger partial charge in [0, 0.05) is 6.07 Å². The van der Waals surface area contributed by atoms with Crippen molar-refractivity contribution in [3.05, 3.63) is 112 Å². The SMILES string of the molecule is COc1ccc(/C=N/NC(=O)c2nn(-c3ccccc3)c(=O)cc2N/N=C/c2ccc(OC)cc2)cc1. The van der Waals surface area contributed by atoms with Crippen molar-refractivity contribution in [3.63, 3.8) is 0 Å². The van der Waals surface area contributed by atoms with Gasteiger partial charge in [-0.1, -0.05) is 18.2 Å². The smallest absolute Gasteiger partial charge is 0.294 e. The molecule has 0 aliphatic rings. The summed E-state index contributed by atoms with van der Waals surface area (Å²) in [6, 6.07) is 24.4. The predicted octanol–water partition coefficient (Wildman–Crippen LogP) is 3.46. The van der Waals surface area contributed by atoms with Crippen molar-refractivity contribution in [3.8, 4) is 17.2 Å². The quantitative estimate of drug-likeness (QED) is 0.271. The maximum atomic E-state index is 13.0. The van der Waals surface area contributed by atoms with Gasteiger partial charge in [0.15, 0.2) is 5.69 Å². The number of aromatic nitrogens is 2. The Kier molecular flexibility index (Phi) is 8.02. The molecule has 1 amide bonds. The molecule has 10 nitrogen and oxygen atoms in total. The Morgan fingerprint density at radius 1 is 0.838 bits per heavy atom. The number of rotatable bonds is 9. The number of methoxy groups -OCH3 is 2. The third-order valence-corrected chi connectivity index (χ3v) is 5.16. The predicted molar refractivity (Wildman–Crippen MR) is 142 cm³/mol. The second-order valence-electron chi connectivity index (χ2n) is 7.61. The van der Waals surface area contributed by atoms with Crippen LogP contribution in [0.25, 0.3) is 5.69 Å². The zero-order valence-electron chi connectivity index (χ0n) is 20.2. The second kappa shape index (κ2) is 11.9. The summed E-state index contributed by atoms with van der Waals surface area (Å²) in [5.74, 6) is 0.795. The van der Waals surface area contributed by atoms with Gasteiger partial charge in [-0.3, -0.25) is 15.0 Å². The summed E-state index contributed by atoms with van der Waals surface area (Å²) in [7, 11) is 3.17. The number of carbonyl (C=O) groups is 1. The zero-order valence-corrected chi connectivity index (χ0v) is 20.2. The molecule has 1 heterocycles. The molecule has 37 heavy (non-hydrogen) atoms. The number of amides is 1. The second-order valence-corrected chi connectivity index (χ2v) is 7.61. The van der Waals surface area contributed by atoms with Gasteiger partial charge in [0.2, 0.25) is 0 Å². The molecule has 0 bridgehead atoms. The van der Waals surface area contributed by atoms with E-state index in [1.165, 1.54) is 12.3 Å². The van der Waals surface area contributed by atoms with Crippen LogP contribution in [0.3, 0.4) is 0 Å². The van der Waals surface area contributed by atoms with Crippen molar-refractivity contribution in [2.24, 2.45) is 10.2 Å². The standard InChI is InChI=1S/C27H24N6O4/c1-36-22-12-8-19(9-13-22)17-28-30-24-16-25(34)33(21-6-4-3-5-7-21)32-26(24)27(35)31-29-18-20-10-14-23(37-2)15-11-20/h3-18,30H,1-2H3,(H,31,35)/b28-17+,29-18+. The van der Waals surface area contributed by atoms with Crippen molar-refractivity contribution < 1.29 is 14.3 Å². The van der Waals surface area contributed by atoms with E-state index in [2.05, 4.69) is 26.2 Å². The number of nitrogens with zero attached hydrogens (tertiary/aromatic N) is 4. The van der Waals surface area contributed by atoms with Crippen LogP contribution in [0.1, 0.15) is 21.6 Å². The molecule has 3 aromatic carbocycles. The number of para-hydroxylation sites is 1. The summed E-state index contributed by atoms with van der Waals surface area (Å²) in [4.78, 5) is 25.8. The summed E-state index contributed by atoms with van der Waals surface area (Å²) in [6.07, 6.45) is 3.03. The molecule has 0 fully saturated rings. The molecular formula is C27H24N6O4. The highest BCUT2D eigenvalue weighted by atomic mass is 16.5. The van der Waals surface area contributed by atoms with Crippen molar-refractivity contribution in [1.29, 1.82) is 0 Å². The summed E-state index contributed by atoms with van der Waals surface area (Å²) in [5, 5.41) is 12.5. The van der Waals surface area contributed by atoms with Gasteiger partial charge in [0.25, 0.3) is 11.5 Å². The van der Waals surface area contributed by atoms with Crippen LogP contribution in [0.4, 0.5) is 5.69 Å². The monoisotopic (exact) mass is 496 g/mol. The first kappa shape index (κ1) is 24.9. The van der Waals surface area contributed by atoms with Crippen molar-refractivity contribution in [2.75, 3.05) is 19.6 Å². The van der Waals surface area contributed by atoms with Gasteiger partial charge < -0.3 is 9.47 Å². The van der Waals surface area contributed by atoms with Crippen LogP contribution < -0.4 is 25.9 Å². The highest BCUT2D eigenvalue weighted by molar-refractivity contribution is 5.98. The van der Waals surface area contributed by atoms with E-state index < -0.39 is 11.5 Å². The van der Waals surface area contributed by atoms with Gasteiger partial charge in [-0.15, -0.1) is 0 Å². The molecule has 0 atom stereocenters. The van der Waals surface area contributed by atoms with E-state index in [9.17, 15) is 9.59 Å². The minimum Gasteiger partial charge on any atom is -0.497 e. The van der Waals surface area contributed by atoms with E-state index >= 15 is 0 Å². The molecule has 0 radical (unpaired) electrons. The minimum atomic E-state index is -0.628. The number of hydrazone groups is 2. The van der Waals surface area contributed by atoms with Crippen LogP contribution in [0, 0.1) is 0 Å². The lowest BCUT2D eigenvalue weighted by Gasteiger charge is -2.10. The molecule has 4 rings (SSSR count). The lowest BCUT2D eigenvalue weighted by atomic mass is 10.2. The van der Waals surface area contributed by atoms with Crippen LogP contribution in [0.5, 0.6) is 11.5 Å².